The Balaban J connectivity index is 1.43. The fraction of sp³-hybridized carbons (Fsp3) is 0.545. The fourth-order valence-corrected chi connectivity index (χ4v) is 6.89. The maximum Gasteiger partial charge on any atom is 0.410 e. The van der Waals surface area contributed by atoms with E-state index in [1.807, 2.05) is 44.6 Å². The van der Waals surface area contributed by atoms with Gasteiger partial charge in [0.05, 0.1) is 40.0 Å². The molecule has 5 rings (SSSR count). The van der Waals surface area contributed by atoms with Crippen LogP contribution in [-0.2, 0) is 9.16 Å². The Bertz CT molecular complexity index is 1720. The van der Waals surface area contributed by atoms with Crippen LogP contribution >= 0.6 is 22.6 Å². The molecule has 5 heterocycles. The first-order chi connectivity index (χ1) is 21.9. The van der Waals surface area contributed by atoms with Gasteiger partial charge in [0.1, 0.15) is 28.4 Å². The van der Waals surface area contributed by atoms with Gasteiger partial charge in [-0.25, -0.2) is 18.4 Å². The Morgan fingerprint density at radius 1 is 1.13 bits per heavy atom. The summed E-state index contributed by atoms with van der Waals surface area (Å²) in [6.45, 7) is 20.0. The normalized spacial score (nSPS) is 15.7. The van der Waals surface area contributed by atoms with Crippen LogP contribution in [0.2, 0.25) is 18.1 Å². The summed E-state index contributed by atoms with van der Waals surface area (Å²) in [7, 11) is -2.14. The van der Waals surface area contributed by atoms with Crippen LogP contribution < -0.4 is 4.74 Å². The molecule has 4 aromatic rings. The number of carbonyl (C=O) groups excluding carboxylic acids is 1. The van der Waals surface area contributed by atoms with Crippen LogP contribution in [0.4, 0.5) is 9.18 Å². The first-order valence-corrected chi connectivity index (χ1v) is 19.9. The van der Waals surface area contributed by atoms with Crippen LogP contribution in [0.1, 0.15) is 77.9 Å². The molecule has 1 amide bonds. The predicted octanol–water partition coefficient (Wildman–Crippen LogP) is 7.75. The van der Waals surface area contributed by atoms with Crippen molar-refractivity contribution < 1.29 is 23.1 Å². The number of fused-ring (bicyclic) bond motifs is 1. The quantitative estimate of drug-likeness (QED) is 0.132. The topological polar surface area (TPSA) is 109 Å². The second-order valence-electron chi connectivity index (χ2n) is 14.6. The lowest BCUT2D eigenvalue weighted by atomic mass is 10.0. The van der Waals surface area contributed by atoms with E-state index in [0.717, 1.165) is 33.2 Å². The summed E-state index contributed by atoms with van der Waals surface area (Å²) in [4.78, 5) is 18.7. The molecular weight excluding hydrogens is 732 g/mol. The molecule has 0 aliphatic carbocycles. The third-order valence-corrected chi connectivity index (χ3v) is 14.2. The number of carbonyl (C=O) groups is 1. The number of halogens is 2. The van der Waals surface area contributed by atoms with Crippen molar-refractivity contribution in [1.82, 2.24) is 34.5 Å². The van der Waals surface area contributed by atoms with E-state index in [9.17, 15) is 9.18 Å². The second-order valence-corrected chi connectivity index (χ2v) is 20.6. The highest BCUT2D eigenvalue weighted by Crippen LogP contribution is 2.39. The molecule has 1 saturated heterocycles. The third kappa shape index (κ3) is 7.96. The Labute approximate surface area is 290 Å². The van der Waals surface area contributed by atoms with E-state index in [1.165, 1.54) is 12.3 Å². The number of aromatic nitrogens is 6. The smallest absolute Gasteiger partial charge is 0.410 e. The van der Waals surface area contributed by atoms with E-state index < -0.39 is 25.8 Å². The Morgan fingerprint density at radius 3 is 2.45 bits per heavy atom. The summed E-state index contributed by atoms with van der Waals surface area (Å²) in [5.74, 6) is 0.167. The molecule has 1 aliphatic rings. The Morgan fingerprint density at radius 2 is 1.83 bits per heavy atom. The maximum absolute atomic E-state index is 13.9. The molecule has 0 bridgehead atoms. The van der Waals surface area contributed by atoms with E-state index >= 15 is 0 Å². The molecule has 14 heteroatoms. The van der Waals surface area contributed by atoms with Crippen LogP contribution in [0, 0.1) is 16.3 Å². The largest absolute Gasteiger partial charge is 0.479 e. The predicted molar refractivity (Wildman–Crippen MR) is 188 cm³/mol. The van der Waals surface area contributed by atoms with E-state index in [0.29, 0.717) is 30.2 Å². The minimum absolute atomic E-state index is 0.00249. The first kappa shape index (κ1) is 35.2. The lowest BCUT2D eigenvalue weighted by Crippen LogP contribution is -2.42. The molecule has 0 radical (unpaired) electrons. The summed E-state index contributed by atoms with van der Waals surface area (Å²) in [6, 6.07) is 5.08. The number of hydrogen-bond donors (Lipinski definition) is 0. The lowest BCUT2D eigenvalue weighted by molar-refractivity contribution is 0.0183. The van der Waals surface area contributed by atoms with Crippen molar-refractivity contribution >= 4 is 42.5 Å². The van der Waals surface area contributed by atoms with Crippen molar-refractivity contribution in [2.45, 2.75) is 97.2 Å². The number of hydrogen-bond acceptors (Lipinski definition) is 8. The van der Waals surface area contributed by atoms with Gasteiger partial charge in [0.2, 0.25) is 0 Å². The highest BCUT2D eigenvalue weighted by Gasteiger charge is 2.38. The van der Waals surface area contributed by atoms with Crippen molar-refractivity contribution in [3.05, 3.63) is 57.6 Å². The van der Waals surface area contributed by atoms with Gasteiger partial charge in [0.15, 0.2) is 14.4 Å². The van der Waals surface area contributed by atoms with Crippen molar-refractivity contribution in [1.29, 1.82) is 0 Å². The molecule has 1 aliphatic heterocycles. The SMILES string of the molecule is Cc1c(-c2cc(OC(CO[Si](C)(C)C(C)(C)C)c3ccc(F)cn3)c3c(I)cnn3c2)nnn1C1CCN(C(=O)OC(C)(C)C)CC1. The fourth-order valence-electron chi connectivity index (χ4n) is 5.25. The molecule has 254 valence electrons. The van der Waals surface area contributed by atoms with E-state index in [1.54, 1.807) is 21.7 Å². The number of piperidine rings is 1. The van der Waals surface area contributed by atoms with Crippen LogP contribution in [0.25, 0.3) is 16.8 Å². The van der Waals surface area contributed by atoms with E-state index in [-0.39, 0.29) is 23.8 Å². The summed E-state index contributed by atoms with van der Waals surface area (Å²) in [6.07, 6.45) is 5.52. The Kier molecular flexibility index (Phi) is 10.0. The summed E-state index contributed by atoms with van der Waals surface area (Å²) < 4.78 is 37.4. The molecule has 4 aromatic heterocycles. The highest BCUT2D eigenvalue weighted by atomic mass is 127. The van der Waals surface area contributed by atoms with E-state index in [2.05, 4.69) is 76.9 Å². The first-order valence-electron chi connectivity index (χ1n) is 15.9. The average Bonchev–Trinajstić information content (AvgIpc) is 3.56. The molecule has 1 unspecified atom stereocenters. The van der Waals surface area contributed by atoms with Crippen molar-refractivity contribution in [3.8, 4) is 17.0 Å². The average molecular weight is 778 g/mol. The van der Waals surface area contributed by atoms with Gasteiger partial charge in [-0.3, -0.25) is 4.98 Å². The number of ether oxygens (including phenoxy) is 2. The van der Waals surface area contributed by atoms with Gasteiger partial charge in [-0.05, 0) is 99.5 Å². The minimum Gasteiger partial charge on any atom is -0.479 e. The number of nitrogens with zero attached hydrogens (tertiary/aromatic N) is 7. The molecule has 0 aromatic carbocycles. The molecule has 0 N–H and O–H groups in total. The van der Waals surface area contributed by atoms with Crippen LogP contribution in [0.5, 0.6) is 5.75 Å². The van der Waals surface area contributed by atoms with Crippen LogP contribution in [-0.4, -0.2) is 74.2 Å². The van der Waals surface area contributed by atoms with Gasteiger partial charge in [0.25, 0.3) is 0 Å². The molecule has 1 atom stereocenters. The Hall–Kier alpha value is -3.11. The van der Waals surface area contributed by atoms with Gasteiger partial charge < -0.3 is 18.8 Å². The summed E-state index contributed by atoms with van der Waals surface area (Å²) >= 11 is 2.25. The molecule has 0 spiro atoms. The molecule has 11 nitrogen and oxygen atoms in total. The standard InChI is InChI=1S/C33H45FIN7O4Si/c1-21-29(38-39-42(21)24-12-14-40(15-13-24)31(43)46-32(2,3)4)22-16-27(30-25(35)18-37-41(30)19-22)45-28(26-11-10-23(34)17-36-26)20-44-47(8,9)33(5,6)7/h10-11,16-19,24,28H,12-15,20H2,1-9H3. The van der Waals surface area contributed by atoms with Crippen molar-refractivity contribution in [2.75, 3.05) is 19.7 Å². The third-order valence-electron chi connectivity index (χ3n) is 8.95. The maximum atomic E-state index is 13.9. The zero-order valence-electron chi connectivity index (χ0n) is 28.7. The highest BCUT2D eigenvalue weighted by molar-refractivity contribution is 14.1. The summed E-state index contributed by atoms with van der Waals surface area (Å²) in [5, 5.41) is 13.7. The van der Waals surface area contributed by atoms with Crippen molar-refractivity contribution in [3.63, 3.8) is 0 Å². The van der Waals surface area contributed by atoms with Crippen molar-refractivity contribution in [2.24, 2.45) is 0 Å². The van der Waals surface area contributed by atoms with E-state index in [4.69, 9.17) is 13.9 Å². The minimum atomic E-state index is -2.14. The lowest BCUT2D eigenvalue weighted by Gasteiger charge is -2.37. The number of pyridine rings is 2. The van der Waals surface area contributed by atoms with Gasteiger partial charge in [-0.15, -0.1) is 5.10 Å². The number of rotatable bonds is 8. The molecular formula is C33H45FIN7O4Si. The summed E-state index contributed by atoms with van der Waals surface area (Å²) in [5.41, 5.74) is 3.25. The van der Waals surface area contributed by atoms with Gasteiger partial charge in [-0.2, -0.15) is 5.10 Å². The zero-order valence-corrected chi connectivity index (χ0v) is 31.8. The molecule has 0 saturated carbocycles. The monoisotopic (exact) mass is 777 g/mol. The number of likely N-dealkylation sites (tertiary alicyclic amines) is 1. The van der Waals surface area contributed by atoms with Gasteiger partial charge in [-0.1, -0.05) is 26.0 Å². The van der Waals surface area contributed by atoms with Crippen LogP contribution in [0.3, 0.4) is 0 Å². The molecule has 47 heavy (non-hydrogen) atoms. The zero-order chi connectivity index (χ0) is 34.3. The second kappa shape index (κ2) is 13.4. The van der Waals surface area contributed by atoms with Gasteiger partial charge >= 0.3 is 6.09 Å². The van der Waals surface area contributed by atoms with Gasteiger partial charge in [0, 0.05) is 24.8 Å². The molecule has 1 fully saturated rings. The van der Waals surface area contributed by atoms with Crippen LogP contribution in [0.15, 0.2) is 36.8 Å². The number of amides is 1.